The lowest BCUT2D eigenvalue weighted by atomic mass is 9.77. The van der Waals surface area contributed by atoms with E-state index in [1.807, 2.05) is 0 Å². The molecule has 1 aliphatic carbocycles. The van der Waals surface area contributed by atoms with E-state index >= 15 is 0 Å². The minimum Gasteiger partial charge on any atom is -0.252 e. The zero-order chi connectivity index (χ0) is 6.69. The average molecular weight is 130 g/mol. The fourth-order valence-electron chi connectivity index (χ4n) is 1.26. The van der Waals surface area contributed by atoms with E-state index in [9.17, 15) is 0 Å². The van der Waals surface area contributed by atoms with Gasteiger partial charge in [-0.2, -0.15) is 0 Å². The first-order valence-corrected chi connectivity index (χ1v) is 3.61. The van der Waals surface area contributed by atoms with Crippen LogP contribution < -0.4 is 0 Å². The van der Waals surface area contributed by atoms with Crippen LogP contribution in [0, 0.1) is 11.8 Å². The standard InChI is InChI=1S/C7H14O2/c1-6(5-9-8)7-3-2-4-7/h6-8H,2-5H2,1H3. The van der Waals surface area contributed by atoms with Crippen molar-refractivity contribution in [2.75, 3.05) is 6.61 Å². The molecule has 1 rings (SSSR count). The molecular weight excluding hydrogens is 116 g/mol. The van der Waals surface area contributed by atoms with E-state index in [4.69, 9.17) is 5.26 Å². The van der Waals surface area contributed by atoms with Crippen molar-refractivity contribution in [3.63, 3.8) is 0 Å². The highest BCUT2D eigenvalue weighted by Crippen LogP contribution is 2.32. The number of hydrogen-bond acceptors (Lipinski definition) is 2. The molecule has 0 saturated heterocycles. The Balaban J connectivity index is 2.08. The molecule has 0 aliphatic heterocycles. The van der Waals surface area contributed by atoms with Gasteiger partial charge < -0.3 is 0 Å². The van der Waals surface area contributed by atoms with Crippen LogP contribution in [0.3, 0.4) is 0 Å². The van der Waals surface area contributed by atoms with Crippen LogP contribution in [-0.4, -0.2) is 11.9 Å². The number of hydrogen-bond donors (Lipinski definition) is 1. The largest absolute Gasteiger partial charge is 0.252 e. The summed E-state index contributed by atoms with van der Waals surface area (Å²) in [6, 6.07) is 0. The highest BCUT2D eigenvalue weighted by atomic mass is 17.1. The second kappa shape index (κ2) is 3.18. The maximum Gasteiger partial charge on any atom is 0.0847 e. The van der Waals surface area contributed by atoms with Gasteiger partial charge in [0.15, 0.2) is 0 Å². The van der Waals surface area contributed by atoms with Crippen LogP contribution in [0.2, 0.25) is 0 Å². The molecule has 0 spiro atoms. The molecule has 1 fully saturated rings. The Bertz CT molecular complexity index is 79.0. The number of rotatable bonds is 3. The summed E-state index contributed by atoms with van der Waals surface area (Å²) in [7, 11) is 0. The maximum absolute atomic E-state index is 8.11. The van der Waals surface area contributed by atoms with Crippen LogP contribution in [0.25, 0.3) is 0 Å². The third kappa shape index (κ3) is 1.66. The first-order chi connectivity index (χ1) is 4.34. The monoisotopic (exact) mass is 130 g/mol. The molecule has 1 unspecified atom stereocenters. The third-order valence-electron chi connectivity index (χ3n) is 2.29. The second-order valence-electron chi connectivity index (χ2n) is 2.96. The zero-order valence-corrected chi connectivity index (χ0v) is 5.84. The van der Waals surface area contributed by atoms with Gasteiger partial charge >= 0.3 is 0 Å². The van der Waals surface area contributed by atoms with Crippen molar-refractivity contribution in [2.24, 2.45) is 11.8 Å². The Morgan fingerprint density at radius 2 is 2.33 bits per heavy atom. The molecule has 0 amide bonds. The minimum atomic E-state index is 0.505. The lowest BCUT2D eigenvalue weighted by Crippen LogP contribution is -2.22. The van der Waals surface area contributed by atoms with Gasteiger partial charge in [0.25, 0.3) is 0 Å². The fraction of sp³-hybridized carbons (Fsp3) is 1.00. The average Bonchev–Trinajstić information content (AvgIpc) is 1.60. The highest BCUT2D eigenvalue weighted by Gasteiger charge is 2.23. The summed E-state index contributed by atoms with van der Waals surface area (Å²) in [5.74, 6) is 1.36. The van der Waals surface area contributed by atoms with Crippen molar-refractivity contribution in [3.8, 4) is 0 Å². The molecule has 0 heterocycles. The van der Waals surface area contributed by atoms with Gasteiger partial charge in [-0.15, -0.1) is 0 Å². The zero-order valence-electron chi connectivity index (χ0n) is 5.84. The second-order valence-corrected chi connectivity index (χ2v) is 2.96. The first kappa shape index (κ1) is 7.03. The van der Waals surface area contributed by atoms with Crippen molar-refractivity contribution >= 4 is 0 Å². The summed E-state index contributed by atoms with van der Waals surface area (Å²) >= 11 is 0. The highest BCUT2D eigenvalue weighted by molar-refractivity contribution is 4.74. The summed E-state index contributed by atoms with van der Waals surface area (Å²) in [5.41, 5.74) is 0. The molecule has 0 aromatic rings. The molecular formula is C7H14O2. The van der Waals surface area contributed by atoms with Gasteiger partial charge in [0, 0.05) is 0 Å². The molecule has 1 aliphatic rings. The van der Waals surface area contributed by atoms with E-state index < -0.39 is 0 Å². The summed E-state index contributed by atoms with van der Waals surface area (Å²) in [5, 5.41) is 8.11. The van der Waals surface area contributed by atoms with Gasteiger partial charge in [0.05, 0.1) is 6.61 Å². The van der Waals surface area contributed by atoms with E-state index in [2.05, 4.69) is 11.8 Å². The predicted octanol–water partition coefficient (Wildman–Crippen LogP) is 1.91. The quantitative estimate of drug-likeness (QED) is 0.467. The summed E-state index contributed by atoms with van der Waals surface area (Å²) in [6.45, 7) is 2.63. The summed E-state index contributed by atoms with van der Waals surface area (Å²) in [4.78, 5) is 4.06. The predicted molar refractivity (Wildman–Crippen MR) is 35.1 cm³/mol. The van der Waals surface area contributed by atoms with E-state index in [1.54, 1.807) is 0 Å². The van der Waals surface area contributed by atoms with Crippen LogP contribution in [0.4, 0.5) is 0 Å². The van der Waals surface area contributed by atoms with E-state index in [-0.39, 0.29) is 0 Å². The molecule has 1 N–H and O–H groups in total. The molecule has 0 aromatic heterocycles. The van der Waals surface area contributed by atoms with Crippen molar-refractivity contribution in [1.82, 2.24) is 0 Å². The molecule has 1 saturated carbocycles. The Hall–Kier alpha value is -0.0800. The van der Waals surface area contributed by atoms with Crippen molar-refractivity contribution in [2.45, 2.75) is 26.2 Å². The lowest BCUT2D eigenvalue weighted by Gasteiger charge is -2.30. The van der Waals surface area contributed by atoms with E-state index in [0.717, 1.165) is 5.92 Å². The van der Waals surface area contributed by atoms with Crippen LogP contribution in [0.5, 0.6) is 0 Å². The van der Waals surface area contributed by atoms with Crippen LogP contribution in [-0.2, 0) is 4.89 Å². The lowest BCUT2D eigenvalue weighted by molar-refractivity contribution is -0.254. The Morgan fingerprint density at radius 3 is 2.67 bits per heavy atom. The first-order valence-electron chi connectivity index (χ1n) is 3.61. The molecule has 54 valence electrons. The van der Waals surface area contributed by atoms with Gasteiger partial charge in [0.1, 0.15) is 0 Å². The fourth-order valence-corrected chi connectivity index (χ4v) is 1.26. The Morgan fingerprint density at radius 1 is 1.67 bits per heavy atom. The van der Waals surface area contributed by atoms with E-state index in [1.165, 1.54) is 19.3 Å². The smallest absolute Gasteiger partial charge is 0.0847 e. The van der Waals surface area contributed by atoms with Crippen molar-refractivity contribution in [3.05, 3.63) is 0 Å². The molecule has 0 aromatic carbocycles. The molecule has 2 heteroatoms. The normalized spacial score (nSPS) is 23.3. The third-order valence-corrected chi connectivity index (χ3v) is 2.29. The molecule has 2 nitrogen and oxygen atoms in total. The minimum absolute atomic E-state index is 0.505. The van der Waals surface area contributed by atoms with Crippen LogP contribution in [0.1, 0.15) is 26.2 Å². The van der Waals surface area contributed by atoms with Crippen LogP contribution >= 0.6 is 0 Å². The van der Waals surface area contributed by atoms with Crippen molar-refractivity contribution < 1.29 is 10.1 Å². The SMILES string of the molecule is CC(COO)C1CCC1. The van der Waals surface area contributed by atoms with Gasteiger partial charge in [-0.25, -0.2) is 4.89 Å². The summed E-state index contributed by atoms with van der Waals surface area (Å²) < 4.78 is 0. The molecule has 1 atom stereocenters. The molecule has 0 bridgehead atoms. The Labute approximate surface area is 55.8 Å². The Kier molecular flexibility index (Phi) is 2.49. The molecule has 0 radical (unpaired) electrons. The molecule has 9 heavy (non-hydrogen) atoms. The maximum atomic E-state index is 8.11. The summed E-state index contributed by atoms with van der Waals surface area (Å²) in [6.07, 6.45) is 4.01. The van der Waals surface area contributed by atoms with Gasteiger partial charge in [-0.3, -0.25) is 5.26 Å². The van der Waals surface area contributed by atoms with Gasteiger partial charge in [0.2, 0.25) is 0 Å². The van der Waals surface area contributed by atoms with Gasteiger partial charge in [-0.1, -0.05) is 26.2 Å². The van der Waals surface area contributed by atoms with Crippen molar-refractivity contribution in [1.29, 1.82) is 0 Å². The van der Waals surface area contributed by atoms with E-state index in [0.29, 0.717) is 12.5 Å². The topological polar surface area (TPSA) is 29.5 Å². The van der Waals surface area contributed by atoms with Gasteiger partial charge in [-0.05, 0) is 11.8 Å². The van der Waals surface area contributed by atoms with Crippen LogP contribution in [0.15, 0.2) is 0 Å².